The van der Waals surface area contributed by atoms with Crippen LogP contribution in [0.3, 0.4) is 0 Å². The lowest BCUT2D eigenvalue weighted by atomic mass is 9.64. The minimum atomic E-state index is -3.62. The molecule has 6 nitrogen and oxygen atoms in total. The van der Waals surface area contributed by atoms with E-state index in [4.69, 9.17) is 16.3 Å². The van der Waals surface area contributed by atoms with Crippen molar-refractivity contribution in [2.24, 2.45) is 0 Å². The number of rotatable bonds is 6. The third kappa shape index (κ3) is 4.19. The Morgan fingerprint density at radius 3 is 2.42 bits per heavy atom. The Labute approximate surface area is 188 Å². The Hall–Kier alpha value is -2.09. The SMILES string of the molecule is COc1ccc(S(=O)(=O)N2CCCCC2)cc1NC(=O)C1(c2cccc(Cl)c2)CCC1. The molecule has 2 aromatic carbocycles. The number of nitrogens with zero attached hydrogens (tertiary/aromatic N) is 1. The van der Waals surface area contributed by atoms with Gasteiger partial charge in [-0.15, -0.1) is 0 Å². The highest BCUT2D eigenvalue weighted by molar-refractivity contribution is 7.89. The van der Waals surface area contributed by atoms with E-state index in [1.807, 2.05) is 18.2 Å². The summed E-state index contributed by atoms with van der Waals surface area (Å²) in [5.41, 5.74) is 0.566. The third-order valence-corrected chi connectivity index (χ3v) is 8.52. The molecular weight excluding hydrogens is 436 g/mol. The topological polar surface area (TPSA) is 75.7 Å². The van der Waals surface area contributed by atoms with Crippen molar-refractivity contribution in [3.05, 3.63) is 53.1 Å². The molecule has 0 radical (unpaired) electrons. The van der Waals surface area contributed by atoms with Crippen LogP contribution in [0.1, 0.15) is 44.1 Å². The number of carbonyl (C=O) groups is 1. The average molecular weight is 463 g/mol. The van der Waals surface area contributed by atoms with E-state index < -0.39 is 15.4 Å². The van der Waals surface area contributed by atoms with Gasteiger partial charge in [0, 0.05) is 18.1 Å². The van der Waals surface area contributed by atoms with Gasteiger partial charge in [0.25, 0.3) is 0 Å². The summed E-state index contributed by atoms with van der Waals surface area (Å²) in [6.07, 6.45) is 5.14. The van der Waals surface area contributed by atoms with Gasteiger partial charge in [0.15, 0.2) is 0 Å². The van der Waals surface area contributed by atoms with Crippen molar-refractivity contribution in [1.82, 2.24) is 4.31 Å². The molecule has 0 unspecified atom stereocenters. The molecular formula is C23H27ClN2O4S. The predicted octanol–water partition coefficient (Wildman–Crippen LogP) is 4.58. The number of methoxy groups -OCH3 is 1. The summed E-state index contributed by atoms with van der Waals surface area (Å²) in [7, 11) is -2.12. The zero-order valence-electron chi connectivity index (χ0n) is 17.6. The predicted molar refractivity (Wildman–Crippen MR) is 121 cm³/mol. The van der Waals surface area contributed by atoms with Crippen molar-refractivity contribution < 1.29 is 17.9 Å². The second kappa shape index (κ2) is 8.81. The summed E-state index contributed by atoms with van der Waals surface area (Å²) >= 11 is 6.17. The maximum Gasteiger partial charge on any atom is 0.243 e. The van der Waals surface area contributed by atoms with Crippen LogP contribution in [0, 0.1) is 0 Å². The smallest absolute Gasteiger partial charge is 0.243 e. The van der Waals surface area contributed by atoms with Gasteiger partial charge in [-0.2, -0.15) is 4.31 Å². The first kappa shape index (κ1) is 22.1. The van der Waals surface area contributed by atoms with Gasteiger partial charge in [-0.1, -0.05) is 36.6 Å². The summed E-state index contributed by atoms with van der Waals surface area (Å²) in [4.78, 5) is 13.6. The van der Waals surface area contributed by atoms with Crippen molar-refractivity contribution in [3.63, 3.8) is 0 Å². The second-order valence-corrected chi connectivity index (χ2v) is 10.6. The first-order chi connectivity index (χ1) is 14.9. The van der Waals surface area contributed by atoms with Crippen LogP contribution in [0.25, 0.3) is 0 Å². The standard InChI is InChI=1S/C23H27ClN2O4S/c1-30-21-10-9-19(31(28,29)26-13-3-2-4-14-26)16-20(21)25-22(27)23(11-6-12-23)17-7-5-8-18(24)15-17/h5,7-10,15-16H,2-4,6,11-14H2,1H3,(H,25,27). The molecule has 0 spiro atoms. The van der Waals surface area contributed by atoms with Crippen LogP contribution >= 0.6 is 11.6 Å². The van der Waals surface area contributed by atoms with Crippen molar-refractivity contribution in [2.75, 3.05) is 25.5 Å². The molecule has 1 heterocycles. The van der Waals surface area contributed by atoms with E-state index in [9.17, 15) is 13.2 Å². The van der Waals surface area contributed by atoms with E-state index in [1.165, 1.54) is 23.5 Å². The molecule has 1 amide bonds. The fourth-order valence-electron chi connectivity index (χ4n) is 4.40. The van der Waals surface area contributed by atoms with Crippen molar-refractivity contribution >= 4 is 33.2 Å². The number of amides is 1. The Balaban J connectivity index is 1.64. The lowest BCUT2D eigenvalue weighted by Gasteiger charge is -2.41. The van der Waals surface area contributed by atoms with Crippen molar-refractivity contribution in [1.29, 1.82) is 0 Å². The van der Waals surface area contributed by atoms with Crippen LogP contribution in [0.5, 0.6) is 5.75 Å². The number of sulfonamides is 1. The Kier molecular flexibility index (Phi) is 6.28. The molecule has 166 valence electrons. The first-order valence-electron chi connectivity index (χ1n) is 10.6. The molecule has 1 N–H and O–H groups in total. The minimum Gasteiger partial charge on any atom is -0.495 e. The number of benzene rings is 2. The van der Waals surface area contributed by atoms with Crippen molar-refractivity contribution in [2.45, 2.75) is 48.8 Å². The maximum absolute atomic E-state index is 13.4. The number of anilines is 1. The van der Waals surface area contributed by atoms with Gasteiger partial charge in [0.2, 0.25) is 15.9 Å². The monoisotopic (exact) mass is 462 g/mol. The molecule has 0 aromatic heterocycles. The van der Waals surface area contributed by atoms with E-state index in [1.54, 1.807) is 12.1 Å². The van der Waals surface area contributed by atoms with Crippen LogP contribution in [-0.4, -0.2) is 38.8 Å². The van der Waals surface area contributed by atoms with E-state index in [0.717, 1.165) is 31.2 Å². The zero-order chi connectivity index (χ0) is 22.1. The van der Waals surface area contributed by atoms with Gasteiger partial charge in [0.05, 0.1) is 23.1 Å². The summed E-state index contributed by atoms with van der Waals surface area (Å²) in [5, 5.41) is 3.53. The van der Waals surface area contributed by atoms with Crippen LogP contribution in [0.4, 0.5) is 5.69 Å². The van der Waals surface area contributed by atoms with Crippen LogP contribution in [0.2, 0.25) is 5.02 Å². The Morgan fingerprint density at radius 1 is 1.06 bits per heavy atom. The van der Waals surface area contributed by atoms with Gasteiger partial charge in [-0.3, -0.25) is 4.79 Å². The van der Waals surface area contributed by atoms with Gasteiger partial charge in [-0.25, -0.2) is 8.42 Å². The fourth-order valence-corrected chi connectivity index (χ4v) is 6.14. The number of hydrogen-bond donors (Lipinski definition) is 1. The number of hydrogen-bond acceptors (Lipinski definition) is 4. The molecule has 0 atom stereocenters. The summed E-state index contributed by atoms with van der Waals surface area (Å²) in [6.45, 7) is 1.04. The second-order valence-electron chi connectivity index (χ2n) is 8.23. The molecule has 31 heavy (non-hydrogen) atoms. The fraction of sp³-hybridized carbons (Fsp3) is 0.435. The van der Waals surface area contributed by atoms with Crippen LogP contribution in [-0.2, 0) is 20.2 Å². The molecule has 1 aliphatic carbocycles. The number of ether oxygens (including phenoxy) is 1. The summed E-state index contributed by atoms with van der Waals surface area (Å²) in [5.74, 6) is 0.248. The molecule has 1 saturated heterocycles. The summed E-state index contributed by atoms with van der Waals surface area (Å²) < 4.78 is 33.1. The van der Waals surface area contributed by atoms with Crippen LogP contribution in [0.15, 0.2) is 47.4 Å². The van der Waals surface area contributed by atoms with E-state index >= 15 is 0 Å². The van der Waals surface area contributed by atoms with Gasteiger partial charge < -0.3 is 10.1 Å². The quantitative estimate of drug-likeness (QED) is 0.681. The number of carbonyl (C=O) groups excluding carboxylic acids is 1. The zero-order valence-corrected chi connectivity index (χ0v) is 19.1. The third-order valence-electron chi connectivity index (χ3n) is 6.39. The molecule has 8 heteroatoms. The highest BCUT2D eigenvalue weighted by Crippen LogP contribution is 2.45. The lowest BCUT2D eigenvalue weighted by Crippen LogP contribution is -2.46. The summed E-state index contributed by atoms with van der Waals surface area (Å²) in [6, 6.07) is 12.0. The number of piperidine rings is 1. The normalized spacial score (nSPS) is 18.8. The van der Waals surface area contributed by atoms with Gasteiger partial charge >= 0.3 is 0 Å². The van der Waals surface area contributed by atoms with Gasteiger partial charge in [-0.05, 0) is 61.6 Å². The van der Waals surface area contributed by atoms with Gasteiger partial charge in [0.1, 0.15) is 5.75 Å². The molecule has 2 aliphatic rings. The lowest BCUT2D eigenvalue weighted by molar-refractivity contribution is -0.124. The number of nitrogens with one attached hydrogen (secondary N) is 1. The molecule has 1 aliphatic heterocycles. The van der Waals surface area contributed by atoms with E-state index in [0.29, 0.717) is 42.4 Å². The number of halogens is 1. The molecule has 0 bridgehead atoms. The average Bonchev–Trinajstić information content (AvgIpc) is 2.73. The van der Waals surface area contributed by atoms with Crippen molar-refractivity contribution in [3.8, 4) is 5.75 Å². The van der Waals surface area contributed by atoms with E-state index in [2.05, 4.69) is 5.32 Å². The highest BCUT2D eigenvalue weighted by Gasteiger charge is 2.46. The largest absolute Gasteiger partial charge is 0.495 e. The highest BCUT2D eigenvalue weighted by atomic mass is 35.5. The first-order valence-corrected chi connectivity index (χ1v) is 12.4. The van der Waals surface area contributed by atoms with E-state index in [-0.39, 0.29) is 10.8 Å². The molecule has 2 aromatic rings. The minimum absolute atomic E-state index is 0.163. The maximum atomic E-state index is 13.4. The molecule has 1 saturated carbocycles. The molecule has 2 fully saturated rings. The van der Waals surface area contributed by atoms with Crippen LogP contribution < -0.4 is 10.1 Å². The Bertz CT molecular complexity index is 1080. The molecule has 4 rings (SSSR count). The Morgan fingerprint density at radius 2 is 1.81 bits per heavy atom.